The Morgan fingerprint density at radius 2 is 2.11 bits per heavy atom. The van der Waals surface area contributed by atoms with Gasteiger partial charge in [0.2, 0.25) is 5.91 Å². The maximum atomic E-state index is 13.0. The highest BCUT2D eigenvalue weighted by Crippen LogP contribution is 2.46. The first-order valence-corrected chi connectivity index (χ1v) is 12.6. The number of pyridine rings is 1. The number of nitrogens with one attached hydrogen (secondary N) is 2. The molecule has 5 heterocycles. The second-order valence-electron chi connectivity index (χ2n) is 10.2. The summed E-state index contributed by atoms with van der Waals surface area (Å²) in [6.07, 6.45) is 4.50. The number of imidazole rings is 1. The van der Waals surface area contributed by atoms with Crippen molar-refractivity contribution in [1.29, 1.82) is 0 Å². The van der Waals surface area contributed by atoms with E-state index in [9.17, 15) is 4.79 Å². The number of rotatable bonds is 5. The predicted octanol–water partition coefficient (Wildman–Crippen LogP) is 3.40. The van der Waals surface area contributed by atoms with Gasteiger partial charge in [-0.15, -0.1) is 0 Å². The molecule has 1 aromatic carbocycles. The zero-order valence-electron chi connectivity index (χ0n) is 20.4. The second kappa shape index (κ2) is 7.89. The Morgan fingerprint density at radius 1 is 1.22 bits per heavy atom. The van der Waals surface area contributed by atoms with Crippen LogP contribution in [0, 0.1) is 19.8 Å². The number of hydrogen-bond donors (Lipinski definition) is 2. The summed E-state index contributed by atoms with van der Waals surface area (Å²) in [6, 6.07) is 9.83. The molecule has 1 saturated heterocycles. The molecule has 36 heavy (non-hydrogen) atoms. The van der Waals surface area contributed by atoms with Crippen LogP contribution in [0.5, 0.6) is 5.75 Å². The van der Waals surface area contributed by atoms with E-state index < -0.39 is 5.54 Å². The third-order valence-corrected chi connectivity index (χ3v) is 7.73. The van der Waals surface area contributed by atoms with Gasteiger partial charge in [-0.05, 0) is 63.9 Å². The van der Waals surface area contributed by atoms with Crippen molar-refractivity contribution in [2.45, 2.75) is 44.7 Å². The van der Waals surface area contributed by atoms with Crippen LogP contribution in [0.3, 0.4) is 0 Å². The molecule has 7 rings (SSSR count). The molecule has 0 bridgehead atoms. The first kappa shape index (κ1) is 21.6. The Morgan fingerprint density at radius 3 is 2.81 bits per heavy atom. The van der Waals surface area contributed by atoms with E-state index in [2.05, 4.69) is 25.3 Å². The molecule has 3 aliphatic rings. The van der Waals surface area contributed by atoms with Gasteiger partial charge in [-0.1, -0.05) is 11.2 Å². The second-order valence-corrected chi connectivity index (χ2v) is 10.2. The molecule has 0 radical (unpaired) electrons. The molecule has 1 saturated carbocycles. The van der Waals surface area contributed by atoms with Crippen molar-refractivity contribution in [3.8, 4) is 16.9 Å². The average molecular weight is 485 g/mol. The van der Waals surface area contributed by atoms with E-state index in [1.165, 1.54) is 0 Å². The highest BCUT2D eigenvalue weighted by Gasteiger charge is 2.46. The van der Waals surface area contributed by atoms with Crippen LogP contribution >= 0.6 is 0 Å². The highest BCUT2D eigenvalue weighted by molar-refractivity contribution is 5.93. The lowest BCUT2D eigenvalue weighted by Crippen LogP contribution is -2.50. The molecule has 1 amide bonds. The van der Waals surface area contributed by atoms with Gasteiger partial charge in [0.25, 0.3) is 0 Å². The summed E-state index contributed by atoms with van der Waals surface area (Å²) in [6.45, 7) is 5.72. The molecule has 0 spiro atoms. The number of hydrogen-bond acceptors (Lipinski definition) is 7. The summed E-state index contributed by atoms with van der Waals surface area (Å²) < 4.78 is 14.2. The minimum absolute atomic E-state index is 0.116. The van der Waals surface area contributed by atoms with Crippen molar-refractivity contribution >= 4 is 16.9 Å². The van der Waals surface area contributed by atoms with E-state index in [1.807, 2.05) is 44.2 Å². The van der Waals surface area contributed by atoms with Gasteiger partial charge < -0.3 is 24.5 Å². The van der Waals surface area contributed by atoms with E-state index in [-0.39, 0.29) is 17.9 Å². The van der Waals surface area contributed by atoms with Gasteiger partial charge in [0.05, 0.1) is 22.5 Å². The van der Waals surface area contributed by atoms with Gasteiger partial charge in [0, 0.05) is 24.2 Å². The Hall–Kier alpha value is -3.72. The molecule has 3 aromatic heterocycles. The predicted molar refractivity (Wildman–Crippen MR) is 133 cm³/mol. The van der Waals surface area contributed by atoms with Crippen LogP contribution in [0.25, 0.3) is 22.2 Å². The molecule has 2 aliphatic heterocycles. The number of benzene rings is 1. The fourth-order valence-corrected chi connectivity index (χ4v) is 5.77. The third-order valence-electron chi connectivity index (χ3n) is 7.73. The van der Waals surface area contributed by atoms with Gasteiger partial charge >= 0.3 is 0 Å². The van der Waals surface area contributed by atoms with Crippen molar-refractivity contribution in [1.82, 2.24) is 30.3 Å². The lowest BCUT2D eigenvalue weighted by molar-refractivity contribution is -0.124. The number of ether oxygens (including phenoxy) is 1. The number of aryl methyl sites for hydroxylation is 2. The molecule has 2 fully saturated rings. The Kier molecular flexibility index (Phi) is 4.73. The van der Waals surface area contributed by atoms with Crippen molar-refractivity contribution in [3.05, 3.63) is 59.5 Å². The number of nitrogens with zero attached hydrogens (tertiary/aromatic N) is 4. The molecule has 2 atom stereocenters. The zero-order valence-corrected chi connectivity index (χ0v) is 20.4. The SMILES string of the molecule is Cc1noc(C)c1-c1ccc2nc([C@@]3(NC(=O)C4CC4)CCNC3)n3c2c1OC[C@@H]3c1ccccn1. The van der Waals surface area contributed by atoms with Crippen LogP contribution in [0.2, 0.25) is 0 Å². The van der Waals surface area contributed by atoms with E-state index in [4.69, 9.17) is 14.2 Å². The van der Waals surface area contributed by atoms with Crippen LogP contribution in [0.15, 0.2) is 41.1 Å². The molecule has 9 heteroatoms. The maximum Gasteiger partial charge on any atom is 0.223 e. The lowest BCUT2D eigenvalue weighted by atomic mass is 9.95. The number of amides is 1. The maximum absolute atomic E-state index is 13.0. The molecule has 1 aliphatic carbocycles. The number of aromatic nitrogens is 4. The van der Waals surface area contributed by atoms with Gasteiger partial charge in [-0.3, -0.25) is 9.78 Å². The zero-order chi connectivity index (χ0) is 24.4. The molecule has 184 valence electrons. The van der Waals surface area contributed by atoms with Crippen LogP contribution < -0.4 is 15.4 Å². The monoisotopic (exact) mass is 484 g/mol. The summed E-state index contributed by atoms with van der Waals surface area (Å²) in [5.41, 5.74) is 4.76. The van der Waals surface area contributed by atoms with E-state index in [0.29, 0.717) is 13.2 Å². The first-order valence-electron chi connectivity index (χ1n) is 12.6. The number of carbonyl (C=O) groups excluding carboxylic acids is 1. The normalized spacial score (nSPS) is 23.1. The quantitative estimate of drug-likeness (QED) is 0.447. The fourth-order valence-electron chi connectivity index (χ4n) is 5.77. The van der Waals surface area contributed by atoms with Gasteiger partial charge in [-0.25, -0.2) is 4.98 Å². The van der Waals surface area contributed by atoms with Crippen LogP contribution in [-0.4, -0.2) is 45.3 Å². The summed E-state index contributed by atoms with van der Waals surface area (Å²) in [5, 5.41) is 11.1. The van der Waals surface area contributed by atoms with Gasteiger partial charge in [0.1, 0.15) is 35.3 Å². The van der Waals surface area contributed by atoms with Crippen LogP contribution in [0.1, 0.15) is 48.3 Å². The smallest absolute Gasteiger partial charge is 0.223 e. The van der Waals surface area contributed by atoms with Crippen molar-refractivity contribution < 1.29 is 14.1 Å². The van der Waals surface area contributed by atoms with Crippen molar-refractivity contribution in [2.75, 3.05) is 19.7 Å². The Bertz CT molecular complexity index is 1460. The average Bonchev–Trinajstić information content (AvgIpc) is 3.39. The highest BCUT2D eigenvalue weighted by atomic mass is 16.5. The minimum Gasteiger partial charge on any atom is -0.488 e. The minimum atomic E-state index is -0.594. The third kappa shape index (κ3) is 3.19. The molecular weight excluding hydrogens is 456 g/mol. The van der Waals surface area contributed by atoms with E-state index in [0.717, 1.165) is 76.7 Å². The van der Waals surface area contributed by atoms with Crippen LogP contribution in [-0.2, 0) is 10.3 Å². The summed E-state index contributed by atoms with van der Waals surface area (Å²) >= 11 is 0. The molecular formula is C27H28N6O3. The Labute approximate surface area is 208 Å². The summed E-state index contributed by atoms with van der Waals surface area (Å²) in [4.78, 5) is 22.9. The molecule has 2 N–H and O–H groups in total. The van der Waals surface area contributed by atoms with Gasteiger partial charge in [-0.2, -0.15) is 0 Å². The number of carbonyl (C=O) groups is 1. The molecule has 4 aromatic rings. The van der Waals surface area contributed by atoms with Gasteiger partial charge in [0.15, 0.2) is 5.75 Å². The first-order chi connectivity index (χ1) is 17.6. The van der Waals surface area contributed by atoms with Crippen LogP contribution in [0.4, 0.5) is 0 Å². The van der Waals surface area contributed by atoms with E-state index in [1.54, 1.807) is 6.20 Å². The van der Waals surface area contributed by atoms with E-state index >= 15 is 0 Å². The lowest BCUT2D eigenvalue weighted by Gasteiger charge is -2.34. The van der Waals surface area contributed by atoms with Crippen molar-refractivity contribution in [3.63, 3.8) is 0 Å². The Balaban J connectivity index is 1.48. The van der Waals surface area contributed by atoms with Crippen molar-refractivity contribution in [2.24, 2.45) is 5.92 Å². The topological polar surface area (TPSA) is 107 Å². The summed E-state index contributed by atoms with van der Waals surface area (Å²) in [7, 11) is 0. The largest absolute Gasteiger partial charge is 0.488 e. The summed E-state index contributed by atoms with van der Waals surface area (Å²) in [5.74, 6) is 2.61. The fraction of sp³-hybridized carbons (Fsp3) is 0.407. The molecule has 9 nitrogen and oxygen atoms in total. The molecule has 0 unspecified atom stereocenters. The standard InChI is InChI=1S/C27H28N6O3/c1-15-22(16(2)36-32-15)18-8-9-20-23-24(18)35-13-21(19-5-3-4-11-29-19)33(23)26(30-20)27(10-12-28-14-27)31-25(34)17-6-7-17/h3-5,8-9,11,17,21,28H,6-7,10,12-14H2,1-2H3,(H,31,34)/t21-,27-/m1/s1.